The Bertz CT molecular complexity index is 1210. The molecular formula is C24H20N2O3. The molecule has 0 amide bonds. The molecule has 0 radical (unpaired) electrons. The molecule has 1 heterocycles. The second-order valence-corrected chi connectivity index (χ2v) is 6.82. The van der Waals surface area contributed by atoms with E-state index in [-0.39, 0.29) is 24.6 Å². The van der Waals surface area contributed by atoms with Crippen molar-refractivity contribution in [1.82, 2.24) is 9.78 Å². The van der Waals surface area contributed by atoms with Crippen LogP contribution < -0.4 is 5.56 Å². The summed E-state index contributed by atoms with van der Waals surface area (Å²) >= 11 is 0. The van der Waals surface area contributed by atoms with E-state index < -0.39 is 0 Å². The van der Waals surface area contributed by atoms with E-state index in [4.69, 9.17) is 4.74 Å². The van der Waals surface area contributed by atoms with Gasteiger partial charge in [-0.25, -0.2) is 4.68 Å². The number of fused-ring (bicyclic) bond motifs is 1. The van der Waals surface area contributed by atoms with Crippen molar-refractivity contribution in [2.24, 2.45) is 7.05 Å². The molecule has 1 aromatic heterocycles. The molecule has 29 heavy (non-hydrogen) atoms. The van der Waals surface area contributed by atoms with E-state index in [0.29, 0.717) is 16.5 Å². The van der Waals surface area contributed by atoms with Crippen molar-refractivity contribution in [2.45, 2.75) is 13.0 Å². The molecule has 0 fully saturated rings. The third kappa shape index (κ3) is 4.09. The highest BCUT2D eigenvalue weighted by molar-refractivity contribution is 5.86. The van der Waals surface area contributed by atoms with Crippen LogP contribution in [0.3, 0.4) is 0 Å². The van der Waals surface area contributed by atoms with Crippen LogP contribution in [0.5, 0.6) is 0 Å². The first-order chi connectivity index (χ1) is 14.1. The average Bonchev–Trinajstić information content (AvgIpc) is 2.77. The molecule has 0 unspecified atom stereocenters. The first-order valence-electron chi connectivity index (χ1n) is 9.37. The second-order valence-electron chi connectivity index (χ2n) is 6.82. The van der Waals surface area contributed by atoms with Gasteiger partial charge in [-0.15, -0.1) is 0 Å². The summed E-state index contributed by atoms with van der Waals surface area (Å²) in [7, 11) is 1.58. The lowest BCUT2D eigenvalue weighted by atomic mass is 10.0. The Kier molecular flexibility index (Phi) is 5.20. The Balaban J connectivity index is 1.44. The SMILES string of the molecule is Cn1nc(CC(=O)OCc2ccc(-c3ccccc3)cc2)c2ccccc2c1=O. The van der Waals surface area contributed by atoms with Gasteiger partial charge in [0.1, 0.15) is 6.61 Å². The summed E-state index contributed by atoms with van der Waals surface area (Å²) in [6, 6.07) is 25.2. The summed E-state index contributed by atoms with van der Waals surface area (Å²) in [5.74, 6) is -0.381. The number of carbonyl (C=O) groups excluding carboxylic acids is 1. The van der Waals surface area contributed by atoms with Gasteiger partial charge in [0.15, 0.2) is 0 Å². The van der Waals surface area contributed by atoms with Crippen LogP contribution in [0.2, 0.25) is 0 Å². The van der Waals surface area contributed by atoms with Gasteiger partial charge in [0, 0.05) is 12.4 Å². The third-order valence-corrected chi connectivity index (χ3v) is 4.81. The fraction of sp³-hybridized carbons (Fsp3) is 0.125. The smallest absolute Gasteiger partial charge is 0.312 e. The summed E-state index contributed by atoms with van der Waals surface area (Å²) in [4.78, 5) is 24.6. The minimum atomic E-state index is -0.381. The van der Waals surface area contributed by atoms with Gasteiger partial charge in [0.25, 0.3) is 5.56 Å². The van der Waals surface area contributed by atoms with E-state index in [1.54, 1.807) is 25.2 Å². The monoisotopic (exact) mass is 384 g/mol. The number of aromatic nitrogens is 2. The Morgan fingerprint density at radius 3 is 2.21 bits per heavy atom. The molecule has 0 aliphatic rings. The number of carbonyl (C=O) groups is 1. The minimum absolute atomic E-state index is 0.0106. The van der Waals surface area contributed by atoms with Crippen LogP contribution >= 0.6 is 0 Å². The van der Waals surface area contributed by atoms with E-state index in [1.807, 2.05) is 48.5 Å². The van der Waals surface area contributed by atoms with Crippen molar-refractivity contribution in [3.05, 3.63) is 100 Å². The third-order valence-electron chi connectivity index (χ3n) is 4.81. The standard InChI is InChI=1S/C24H20N2O3/c1-26-24(28)21-10-6-5-9-20(21)22(25-26)15-23(27)29-16-17-11-13-19(14-12-17)18-7-3-2-4-8-18/h2-14H,15-16H2,1H3. The van der Waals surface area contributed by atoms with Crippen LogP contribution in [0.15, 0.2) is 83.7 Å². The van der Waals surface area contributed by atoms with E-state index >= 15 is 0 Å². The van der Waals surface area contributed by atoms with Crippen molar-refractivity contribution < 1.29 is 9.53 Å². The second kappa shape index (κ2) is 8.10. The maximum atomic E-state index is 12.4. The maximum absolute atomic E-state index is 12.4. The lowest BCUT2D eigenvalue weighted by molar-refractivity contribution is -0.144. The number of aryl methyl sites for hydroxylation is 1. The molecule has 0 bridgehead atoms. The molecular weight excluding hydrogens is 364 g/mol. The van der Waals surface area contributed by atoms with Gasteiger partial charge in [-0.3, -0.25) is 9.59 Å². The number of ether oxygens (including phenoxy) is 1. The molecule has 5 nitrogen and oxygen atoms in total. The highest BCUT2D eigenvalue weighted by Gasteiger charge is 2.13. The lowest BCUT2D eigenvalue weighted by Gasteiger charge is -2.09. The van der Waals surface area contributed by atoms with Crippen LogP contribution in [-0.4, -0.2) is 15.7 Å². The first kappa shape index (κ1) is 18.6. The van der Waals surface area contributed by atoms with Gasteiger partial charge in [-0.2, -0.15) is 5.10 Å². The molecule has 0 saturated heterocycles. The van der Waals surface area contributed by atoms with E-state index in [2.05, 4.69) is 17.2 Å². The van der Waals surface area contributed by atoms with Gasteiger partial charge in [-0.05, 0) is 22.8 Å². The largest absolute Gasteiger partial charge is 0.461 e. The molecule has 4 aromatic rings. The number of esters is 1. The zero-order chi connectivity index (χ0) is 20.2. The highest BCUT2D eigenvalue weighted by atomic mass is 16.5. The van der Waals surface area contributed by atoms with Crippen LogP contribution in [0.4, 0.5) is 0 Å². The van der Waals surface area contributed by atoms with Crippen molar-refractivity contribution in [3.63, 3.8) is 0 Å². The van der Waals surface area contributed by atoms with E-state index in [1.165, 1.54) is 4.68 Å². The van der Waals surface area contributed by atoms with Crippen LogP contribution in [0.25, 0.3) is 21.9 Å². The summed E-state index contributed by atoms with van der Waals surface area (Å²) in [5.41, 5.74) is 3.52. The van der Waals surface area contributed by atoms with E-state index in [9.17, 15) is 9.59 Å². The molecule has 0 N–H and O–H groups in total. The zero-order valence-electron chi connectivity index (χ0n) is 16.0. The van der Waals surface area contributed by atoms with Gasteiger partial charge >= 0.3 is 5.97 Å². The molecule has 0 saturated carbocycles. The number of nitrogens with zero attached hydrogens (tertiary/aromatic N) is 2. The minimum Gasteiger partial charge on any atom is -0.461 e. The van der Waals surface area contributed by atoms with Gasteiger partial charge in [0.05, 0.1) is 17.5 Å². The molecule has 3 aromatic carbocycles. The Labute approximate surface area is 168 Å². The quantitative estimate of drug-likeness (QED) is 0.490. The Morgan fingerprint density at radius 2 is 1.48 bits per heavy atom. The van der Waals surface area contributed by atoms with Gasteiger partial charge < -0.3 is 4.74 Å². The summed E-state index contributed by atoms with van der Waals surface area (Å²) in [5, 5.41) is 5.47. The fourth-order valence-corrected chi connectivity index (χ4v) is 3.28. The normalized spacial score (nSPS) is 10.8. The number of hydrogen-bond donors (Lipinski definition) is 0. The molecule has 0 spiro atoms. The van der Waals surface area contributed by atoms with Crippen LogP contribution in [-0.2, 0) is 29.6 Å². The van der Waals surface area contributed by atoms with Crippen molar-refractivity contribution in [1.29, 1.82) is 0 Å². The fourth-order valence-electron chi connectivity index (χ4n) is 3.28. The van der Waals surface area contributed by atoms with E-state index in [0.717, 1.165) is 16.7 Å². The van der Waals surface area contributed by atoms with Crippen molar-refractivity contribution in [2.75, 3.05) is 0 Å². The maximum Gasteiger partial charge on any atom is 0.312 e. The topological polar surface area (TPSA) is 61.2 Å². The number of benzene rings is 3. The molecule has 4 rings (SSSR count). The highest BCUT2D eigenvalue weighted by Crippen LogP contribution is 2.20. The number of hydrogen-bond acceptors (Lipinski definition) is 4. The summed E-state index contributed by atoms with van der Waals surface area (Å²) in [6.07, 6.45) is 0.0106. The first-order valence-corrected chi connectivity index (χ1v) is 9.37. The van der Waals surface area contributed by atoms with Gasteiger partial charge in [0.2, 0.25) is 0 Å². The number of rotatable bonds is 5. The molecule has 0 aliphatic carbocycles. The summed E-state index contributed by atoms with van der Waals surface area (Å²) < 4.78 is 6.69. The Morgan fingerprint density at radius 1 is 0.862 bits per heavy atom. The van der Waals surface area contributed by atoms with Crippen molar-refractivity contribution in [3.8, 4) is 11.1 Å². The predicted octanol–water partition coefficient (Wildman–Crippen LogP) is 3.89. The average molecular weight is 384 g/mol. The van der Waals surface area contributed by atoms with Crippen molar-refractivity contribution >= 4 is 16.7 Å². The van der Waals surface area contributed by atoms with Crippen LogP contribution in [0.1, 0.15) is 11.3 Å². The molecule has 0 atom stereocenters. The molecule has 0 aliphatic heterocycles. The zero-order valence-corrected chi connectivity index (χ0v) is 16.0. The molecule has 5 heteroatoms. The van der Waals surface area contributed by atoms with Gasteiger partial charge in [-0.1, -0.05) is 72.8 Å². The van der Waals surface area contributed by atoms with Crippen LogP contribution in [0, 0.1) is 0 Å². The molecule has 144 valence electrons. The predicted molar refractivity (Wildman–Crippen MR) is 112 cm³/mol. The summed E-state index contributed by atoms with van der Waals surface area (Å²) in [6.45, 7) is 0.192. The lowest BCUT2D eigenvalue weighted by Crippen LogP contribution is -2.22. The Hall–Kier alpha value is -3.73.